The van der Waals surface area contributed by atoms with Crippen LogP contribution in [-0.4, -0.2) is 56.6 Å². The molecule has 9 heteroatoms. The van der Waals surface area contributed by atoms with Crippen molar-refractivity contribution in [2.24, 2.45) is 4.99 Å². The summed E-state index contributed by atoms with van der Waals surface area (Å²) in [6.45, 7) is 8.93. The van der Waals surface area contributed by atoms with Gasteiger partial charge in [-0.3, -0.25) is 0 Å². The number of ether oxygens (including phenoxy) is 4. The molecule has 0 spiro atoms. The molecule has 1 atom stereocenters. The summed E-state index contributed by atoms with van der Waals surface area (Å²) in [6.07, 6.45) is 3.94. The number of para-hydroxylation sites is 2. The number of benzene rings is 1. The van der Waals surface area contributed by atoms with Crippen LogP contribution in [0.25, 0.3) is 0 Å². The lowest BCUT2D eigenvalue weighted by Crippen LogP contribution is -2.38. The van der Waals surface area contributed by atoms with E-state index in [1.165, 1.54) is 0 Å². The highest BCUT2D eigenvalue weighted by Gasteiger charge is 2.15. The van der Waals surface area contributed by atoms with Crippen LogP contribution < -0.4 is 20.1 Å². The van der Waals surface area contributed by atoms with Gasteiger partial charge in [-0.05, 0) is 44.4 Å². The number of nitrogens with zero attached hydrogens (tertiary/aromatic N) is 2. The quantitative estimate of drug-likeness (QED) is 0.172. The predicted molar refractivity (Wildman–Crippen MR) is 140 cm³/mol. The second kappa shape index (κ2) is 15.7. The molecule has 3 rings (SSSR count). The topological polar surface area (TPSA) is 86.2 Å². The monoisotopic (exact) mass is 570 g/mol. The second-order valence-corrected chi connectivity index (χ2v) is 7.32. The molecule has 0 bridgehead atoms. The smallest absolute Gasteiger partial charge is 0.219 e. The van der Waals surface area contributed by atoms with Crippen LogP contribution in [0.15, 0.2) is 47.6 Å². The van der Waals surface area contributed by atoms with Gasteiger partial charge in [0.1, 0.15) is 0 Å². The van der Waals surface area contributed by atoms with Gasteiger partial charge in [-0.25, -0.2) is 9.98 Å². The maximum atomic E-state index is 5.88. The first-order valence-electron chi connectivity index (χ1n) is 11.3. The SMILES string of the molecule is CCNC(=NCc1ccc(Oc2ccccc2OCC)nc1)NCCCOC1CCOC1.I. The van der Waals surface area contributed by atoms with E-state index in [9.17, 15) is 0 Å². The summed E-state index contributed by atoms with van der Waals surface area (Å²) in [4.78, 5) is 9.05. The minimum absolute atomic E-state index is 0. The zero-order chi connectivity index (χ0) is 22.4. The van der Waals surface area contributed by atoms with E-state index >= 15 is 0 Å². The molecule has 1 unspecified atom stereocenters. The first-order chi connectivity index (χ1) is 15.8. The lowest BCUT2D eigenvalue weighted by Gasteiger charge is -2.13. The van der Waals surface area contributed by atoms with Crippen LogP contribution in [0.5, 0.6) is 17.4 Å². The molecule has 0 amide bonds. The molecule has 1 aromatic heterocycles. The summed E-state index contributed by atoms with van der Waals surface area (Å²) in [7, 11) is 0. The summed E-state index contributed by atoms with van der Waals surface area (Å²) in [5.41, 5.74) is 0.997. The molecule has 1 aliphatic heterocycles. The summed E-state index contributed by atoms with van der Waals surface area (Å²) < 4.78 is 22.6. The van der Waals surface area contributed by atoms with Gasteiger partial charge in [0.15, 0.2) is 17.5 Å². The van der Waals surface area contributed by atoms with E-state index in [2.05, 4.69) is 20.6 Å². The van der Waals surface area contributed by atoms with Crippen LogP contribution in [-0.2, 0) is 16.0 Å². The Kier molecular flexibility index (Phi) is 12.9. The van der Waals surface area contributed by atoms with Gasteiger partial charge in [0.2, 0.25) is 5.88 Å². The fourth-order valence-electron chi connectivity index (χ4n) is 3.17. The third-order valence-corrected chi connectivity index (χ3v) is 4.78. The number of hydrogen-bond acceptors (Lipinski definition) is 6. The molecule has 1 saturated heterocycles. The van der Waals surface area contributed by atoms with E-state index in [4.69, 9.17) is 18.9 Å². The Morgan fingerprint density at radius 1 is 1.15 bits per heavy atom. The largest absolute Gasteiger partial charge is 0.490 e. The lowest BCUT2D eigenvalue weighted by molar-refractivity contribution is 0.0420. The Morgan fingerprint density at radius 2 is 2.00 bits per heavy atom. The van der Waals surface area contributed by atoms with Gasteiger partial charge in [-0.2, -0.15) is 0 Å². The van der Waals surface area contributed by atoms with Crippen molar-refractivity contribution < 1.29 is 18.9 Å². The molecule has 2 heterocycles. The van der Waals surface area contributed by atoms with E-state index in [0.717, 1.165) is 50.7 Å². The predicted octanol–water partition coefficient (Wildman–Crippen LogP) is 4.14. The normalized spacial score (nSPS) is 15.6. The Bertz CT molecular complexity index is 829. The Hall–Kier alpha value is -2.11. The fraction of sp³-hybridized carbons (Fsp3) is 0.500. The van der Waals surface area contributed by atoms with Crippen molar-refractivity contribution in [1.29, 1.82) is 0 Å². The van der Waals surface area contributed by atoms with Crippen LogP contribution in [0.2, 0.25) is 0 Å². The molecule has 0 radical (unpaired) electrons. The maximum absolute atomic E-state index is 5.88. The highest BCUT2D eigenvalue weighted by molar-refractivity contribution is 14.0. The third kappa shape index (κ3) is 9.73. The van der Waals surface area contributed by atoms with E-state index in [-0.39, 0.29) is 30.1 Å². The van der Waals surface area contributed by atoms with Gasteiger partial charge in [0.25, 0.3) is 0 Å². The number of aliphatic imine (C=N–C) groups is 1. The first kappa shape index (κ1) is 27.1. The van der Waals surface area contributed by atoms with Gasteiger partial charge in [0, 0.05) is 38.6 Å². The molecular formula is C24H35IN4O4. The third-order valence-electron chi connectivity index (χ3n) is 4.78. The minimum atomic E-state index is 0. The average molecular weight is 570 g/mol. The molecule has 182 valence electrons. The highest BCUT2D eigenvalue weighted by Crippen LogP contribution is 2.30. The minimum Gasteiger partial charge on any atom is -0.490 e. The van der Waals surface area contributed by atoms with E-state index < -0.39 is 0 Å². The number of pyridine rings is 1. The molecule has 2 N–H and O–H groups in total. The molecule has 8 nitrogen and oxygen atoms in total. The Balaban J connectivity index is 0.00000385. The van der Waals surface area contributed by atoms with Crippen LogP contribution in [0.1, 0.15) is 32.3 Å². The summed E-state index contributed by atoms with van der Waals surface area (Å²) in [5, 5.41) is 6.61. The van der Waals surface area contributed by atoms with Crippen molar-refractivity contribution in [3.8, 4) is 17.4 Å². The van der Waals surface area contributed by atoms with Crippen molar-refractivity contribution in [3.05, 3.63) is 48.2 Å². The van der Waals surface area contributed by atoms with Crippen LogP contribution in [0, 0.1) is 0 Å². The molecule has 0 saturated carbocycles. The van der Waals surface area contributed by atoms with Crippen molar-refractivity contribution >= 4 is 29.9 Å². The van der Waals surface area contributed by atoms with Gasteiger partial charge >= 0.3 is 0 Å². The van der Waals surface area contributed by atoms with E-state index in [1.807, 2.05) is 50.2 Å². The number of rotatable bonds is 12. The van der Waals surface area contributed by atoms with Gasteiger partial charge in [-0.15, -0.1) is 24.0 Å². The van der Waals surface area contributed by atoms with Crippen LogP contribution in [0.3, 0.4) is 0 Å². The average Bonchev–Trinajstić information content (AvgIpc) is 3.33. The zero-order valence-electron chi connectivity index (χ0n) is 19.4. The molecule has 2 aromatic rings. The molecular weight excluding hydrogens is 535 g/mol. The number of aromatic nitrogens is 1. The number of nitrogens with one attached hydrogen (secondary N) is 2. The summed E-state index contributed by atoms with van der Waals surface area (Å²) in [5.74, 6) is 2.65. The van der Waals surface area contributed by atoms with Crippen LogP contribution >= 0.6 is 24.0 Å². The first-order valence-corrected chi connectivity index (χ1v) is 11.3. The lowest BCUT2D eigenvalue weighted by atomic mass is 10.3. The van der Waals surface area contributed by atoms with E-state index in [0.29, 0.717) is 37.1 Å². The second-order valence-electron chi connectivity index (χ2n) is 7.32. The van der Waals surface area contributed by atoms with Gasteiger partial charge in [0.05, 0.1) is 25.9 Å². The number of halogens is 1. The molecule has 0 aliphatic carbocycles. The van der Waals surface area contributed by atoms with Crippen molar-refractivity contribution in [2.75, 3.05) is 39.5 Å². The fourth-order valence-corrected chi connectivity index (χ4v) is 3.17. The zero-order valence-corrected chi connectivity index (χ0v) is 21.7. The molecule has 33 heavy (non-hydrogen) atoms. The Labute approximate surface area is 213 Å². The summed E-state index contributed by atoms with van der Waals surface area (Å²) in [6, 6.07) is 11.4. The number of hydrogen-bond donors (Lipinski definition) is 2. The van der Waals surface area contributed by atoms with Gasteiger partial charge < -0.3 is 29.6 Å². The molecule has 1 aromatic carbocycles. The highest BCUT2D eigenvalue weighted by atomic mass is 127. The summed E-state index contributed by atoms with van der Waals surface area (Å²) >= 11 is 0. The van der Waals surface area contributed by atoms with Crippen molar-refractivity contribution in [1.82, 2.24) is 15.6 Å². The Morgan fingerprint density at radius 3 is 2.70 bits per heavy atom. The van der Waals surface area contributed by atoms with E-state index in [1.54, 1.807) is 6.20 Å². The standard InChI is InChI=1S/C24H34N4O4.HI/c1-3-25-24(26-13-7-14-31-20-12-15-29-18-20)28-17-19-10-11-23(27-16-19)32-22-9-6-5-8-21(22)30-4-2;/h5-6,8-11,16,20H,3-4,7,12-15,17-18H2,1-2H3,(H2,25,26,28);1H. The van der Waals surface area contributed by atoms with Crippen molar-refractivity contribution in [2.45, 2.75) is 39.3 Å². The molecule has 1 fully saturated rings. The van der Waals surface area contributed by atoms with Crippen LogP contribution in [0.4, 0.5) is 0 Å². The molecule has 1 aliphatic rings. The van der Waals surface area contributed by atoms with Crippen molar-refractivity contribution in [3.63, 3.8) is 0 Å². The number of guanidine groups is 1. The van der Waals surface area contributed by atoms with Gasteiger partial charge in [-0.1, -0.05) is 18.2 Å². The maximum Gasteiger partial charge on any atom is 0.219 e.